The summed E-state index contributed by atoms with van der Waals surface area (Å²) < 4.78 is 6.88. The van der Waals surface area contributed by atoms with Crippen molar-refractivity contribution in [1.29, 1.82) is 0 Å². The van der Waals surface area contributed by atoms with Gasteiger partial charge < -0.3 is 9.42 Å². The van der Waals surface area contributed by atoms with Crippen molar-refractivity contribution in [2.45, 2.75) is 33.9 Å². The number of rotatable bonds is 5. The molecule has 2 amide bonds. The van der Waals surface area contributed by atoms with E-state index in [4.69, 9.17) is 16.1 Å². The monoisotopic (exact) mass is 387 g/mol. The third-order valence-electron chi connectivity index (χ3n) is 4.41. The Bertz CT molecular complexity index is 963. The van der Waals surface area contributed by atoms with Gasteiger partial charge in [-0.25, -0.2) is 4.79 Å². The zero-order valence-electron chi connectivity index (χ0n) is 15.8. The molecule has 0 spiro atoms. The number of aromatic nitrogens is 3. The van der Waals surface area contributed by atoms with Gasteiger partial charge in [0.15, 0.2) is 5.82 Å². The van der Waals surface area contributed by atoms with Crippen LogP contribution < -0.4 is 5.32 Å². The Balaban J connectivity index is 1.72. The number of hydrogen-bond donors (Lipinski definition) is 1. The fourth-order valence-electron chi connectivity index (χ4n) is 2.84. The van der Waals surface area contributed by atoms with E-state index < -0.39 is 0 Å². The van der Waals surface area contributed by atoms with Crippen LogP contribution in [0.3, 0.4) is 0 Å². The maximum Gasteiger partial charge on any atom is 0.323 e. The van der Waals surface area contributed by atoms with Gasteiger partial charge in [0.2, 0.25) is 0 Å². The van der Waals surface area contributed by atoms with Crippen LogP contribution in [0.25, 0.3) is 0 Å². The van der Waals surface area contributed by atoms with Crippen LogP contribution in [0.1, 0.15) is 28.3 Å². The van der Waals surface area contributed by atoms with E-state index in [1.807, 2.05) is 42.8 Å². The van der Waals surface area contributed by atoms with Crippen LogP contribution in [0.5, 0.6) is 0 Å². The van der Waals surface area contributed by atoms with Gasteiger partial charge in [-0.1, -0.05) is 35.0 Å². The number of halogens is 1. The van der Waals surface area contributed by atoms with Crippen molar-refractivity contribution in [1.82, 2.24) is 19.8 Å². The van der Waals surface area contributed by atoms with Crippen LogP contribution in [-0.4, -0.2) is 32.9 Å². The van der Waals surface area contributed by atoms with Crippen molar-refractivity contribution >= 4 is 23.4 Å². The van der Waals surface area contributed by atoms with Gasteiger partial charge in [0.1, 0.15) is 5.76 Å². The lowest BCUT2D eigenvalue weighted by molar-refractivity contribution is 0.220. The topological polar surface area (TPSA) is 76.2 Å². The molecule has 0 aliphatic rings. The van der Waals surface area contributed by atoms with Crippen molar-refractivity contribution in [2.75, 3.05) is 12.4 Å². The summed E-state index contributed by atoms with van der Waals surface area (Å²) in [7, 11) is 1.73. The molecule has 142 valence electrons. The lowest BCUT2D eigenvalue weighted by Crippen LogP contribution is -2.31. The van der Waals surface area contributed by atoms with Gasteiger partial charge in [0.05, 0.1) is 18.8 Å². The van der Waals surface area contributed by atoms with Crippen LogP contribution in [-0.2, 0) is 13.1 Å². The summed E-state index contributed by atoms with van der Waals surface area (Å²) in [5.74, 6) is 1.03. The smallest absolute Gasteiger partial charge is 0.323 e. The predicted octanol–water partition coefficient (Wildman–Crippen LogP) is 4.16. The van der Waals surface area contributed by atoms with E-state index in [-0.39, 0.29) is 6.03 Å². The number of benzene rings is 1. The molecule has 1 aromatic carbocycles. The Labute approximate surface area is 162 Å². The van der Waals surface area contributed by atoms with Gasteiger partial charge in [-0.3, -0.25) is 10.00 Å². The Morgan fingerprint density at radius 2 is 2.04 bits per heavy atom. The SMILES string of the molecule is Cc1cc(NC(=O)N(C)Cc2c(C)nn(Cc3ccccc3Cl)c2C)no1. The molecule has 3 rings (SSSR count). The first-order chi connectivity index (χ1) is 12.8. The average Bonchev–Trinajstić information content (AvgIpc) is 3.14. The minimum absolute atomic E-state index is 0.263. The van der Waals surface area contributed by atoms with E-state index in [1.54, 1.807) is 24.9 Å². The van der Waals surface area contributed by atoms with Crippen molar-refractivity contribution in [2.24, 2.45) is 0 Å². The third kappa shape index (κ3) is 4.31. The number of urea groups is 1. The molecule has 0 saturated carbocycles. The number of nitrogens with one attached hydrogen (secondary N) is 1. The number of amides is 2. The zero-order valence-corrected chi connectivity index (χ0v) is 16.5. The van der Waals surface area contributed by atoms with E-state index in [0.29, 0.717) is 29.7 Å². The molecule has 0 unspecified atom stereocenters. The minimum atomic E-state index is -0.263. The largest absolute Gasteiger partial charge is 0.360 e. The Kier molecular flexibility index (Phi) is 5.51. The lowest BCUT2D eigenvalue weighted by Gasteiger charge is -2.17. The number of carbonyl (C=O) groups excluding carboxylic acids is 1. The van der Waals surface area contributed by atoms with Crippen molar-refractivity contribution in [3.63, 3.8) is 0 Å². The van der Waals surface area contributed by atoms with Crippen LogP contribution >= 0.6 is 11.6 Å². The fraction of sp³-hybridized carbons (Fsp3) is 0.316. The second kappa shape index (κ2) is 7.84. The maximum atomic E-state index is 12.4. The second-order valence-corrected chi connectivity index (χ2v) is 6.91. The molecule has 0 bridgehead atoms. The highest BCUT2D eigenvalue weighted by Gasteiger charge is 2.18. The summed E-state index contributed by atoms with van der Waals surface area (Å²) in [4.78, 5) is 14.0. The van der Waals surface area contributed by atoms with Gasteiger partial charge in [-0.15, -0.1) is 0 Å². The molecule has 3 aromatic rings. The molecular weight excluding hydrogens is 366 g/mol. The quantitative estimate of drug-likeness (QED) is 0.713. The molecule has 0 saturated heterocycles. The number of nitrogens with zero attached hydrogens (tertiary/aromatic N) is 4. The summed E-state index contributed by atoms with van der Waals surface area (Å²) in [5, 5.41) is 11.8. The molecule has 0 aliphatic heterocycles. The van der Waals surface area contributed by atoms with Gasteiger partial charge >= 0.3 is 6.03 Å². The lowest BCUT2D eigenvalue weighted by atomic mass is 10.2. The first-order valence-corrected chi connectivity index (χ1v) is 8.94. The number of aryl methyl sites for hydroxylation is 2. The van der Waals surface area contributed by atoms with E-state index >= 15 is 0 Å². The molecular formula is C19H22ClN5O2. The third-order valence-corrected chi connectivity index (χ3v) is 4.78. The number of carbonyl (C=O) groups is 1. The molecule has 8 heteroatoms. The Morgan fingerprint density at radius 1 is 1.30 bits per heavy atom. The highest BCUT2D eigenvalue weighted by atomic mass is 35.5. The summed E-state index contributed by atoms with van der Waals surface area (Å²) in [6.07, 6.45) is 0. The Morgan fingerprint density at radius 3 is 2.70 bits per heavy atom. The fourth-order valence-corrected chi connectivity index (χ4v) is 3.04. The first kappa shape index (κ1) is 19.0. The average molecular weight is 388 g/mol. The Hall–Kier alpha value is -2.80. The molecule has 2 aromatic heterocycles. The highest BCUT2D eigenvalue weighted by Crippen LogP contribution is 2.20. The van der Waals surface area contributed by atoms with Gasteiger partial charge in [0, 0.05) is 29.4 Å². The highest BCUT2D eigenvalue weighted by molar-refractivity contribution is 6.31. The maximum absolute atomic E-state index is 12.4. The zero-order chi connectivity index (χ0) is 19.6. The normalized spacial score (nSPS) is 10.9. The summed E-state index contributed by atoms with van der Waals surface area (Å²) >= 11 is 6.26. The van der Waals surface area contributed by atoms with Gasteiger partial charge in [-0.05, 0) is 32.4 Å². The summed E-state index contributed by atoms with van der Waals surface area (Å²) in [5.41, 5.74) is 3.90. The minimum Gasteiger partial charge on any atom is -0.360 e. The van der Waals surface area contributed by atoms with E-state index in [9.17, 15) is 4.79 Å². The molecule has 0 atom stereocenters. The van der Waals surface area contributed by atoms with Gasteiger partial charge in [0.25, 0.3) is 0 Å². The summed E-state index contributed by atoms with van der Waals surface area (Å²) in [6, 6.07) is 9.12. The van der Waals surface area contributed by atoms with Crippen LogP contribution in [0.15, 0.2) is 34.9 Å². The molecule has 0 aliphatic carbocycles. The first-order valence-electron chi connectivity index (χ1n) is 8.57. The van der Waals surface area contributed by atoms with E-state index in [1.165, 1.54) is 0 Å². The molecule has 7 nitrogen and oxygen atoms in total. The molecule has 0 fully saturated rings. The van der Waals surface area contributed by atoms with Crippen LogP contribution in [0.4, 0.5) is 10.6 Å². The van der Waals surface area contributed by atoms with Crippen LogP contribution in [0, 0.1) is 20.8 Å². The second-order valence-electron chi connectivity index (χ2n) is 6.51. The van der Waals surface area contributed by atoms with Gasteiger partial charge in [-0.2, -0.15) is 5.10 Å². The van der Waals surface area contributed by atoms with Crippen LogP contribution in [0.2, 0.25) is 5.02 Å². The molecule has 27 heavy (non-hydrogen) atoms. The van der Waals surface area contributed by atoms with Crippen molar-refractivity contribution < 1.29 is 9.32 Å². The van der Waals surface area contributed by atoms with E-state index in [0.717, 1.165) is 22.5 Å². The molecule has 0 radical (unpaired) electrons. The predicted molar refractivity (Wildman–Crippen MR) is 104 cm³/mol. The standard InChI is InChI=1S/C19H22ClN5O2/c1-12-9-18(23-27-12)21-19(26)24(4)11-16-13(2)22-25(14(16)3)10-15-7-5-6-8-17(15)20/h5-9H,10-11H2,1-4H3,(H,21,23,26). The molecule has 2 heterocycles. The summed E-state index contributed by atoms with van der Waals surface area (Å²) in [6.45, 7) is 6.73. The number of hydrogen-bond acceptors (Lipinski definition) is 4. The molecule has 1 N–H and O–H groups in total. The number of anilines is 1. The van der Waals surface area contributed by atoms with E-state index in [2.05, 4.69) is 15.6 Å². The van der Waals surface area contributed by atoms with Crippen molar-refractivity contribution in [3.8, 4) is 0 Å². The van der Waals surface area contributed by atoms with Crippen molar-refractivity contribution in [3.05, 3.63) is 63.6 Å².